The first-order chi connectivity index (χ1) is 12.7. The highest BCUT2D eigenvalue weighted by Gasteiger charge is 2.57. The van der Waals surface area contributed by atoms with E-state index >= 15 is 0 Å². The topological polar surface area (TPSA) is 73.2 Å². The van der Waals surface area contributed by atoms with Gasteiger partial charge in [0.2, 0.25) is 5.54 Å². The second-order valence-corrected chi connectivity index (χ2v) is 7.41. The molecule has 2 unspecified atom stereocenters. The molecule has 1 aliphatic carbocycles. The Labute approximate surface area is 153 Å². The summed E-state index contributed by atoms with van der Waals surface area (Å²) in [5.74, 6) is -0.655. The van der Waals surface area contributed by atoms with E-state index < -0.39 is 11.5 Å². The molecule has 1 fully saturated rings. The van der Waals surface area contributed by atoms with Crippen molar-refractivity contribution in [1.82, 2.24) is 10.2 Å². The van der Waals surface area contributed by atoms with E-state index in [0.29, 0.717) is 25.1 Å². The number of nitrogens with zero attached hydrogens (tertiary/aromatic N) is 2. The van der Waals surface area contributed by atoms with E-state index in [0.717, 1.165) is 43.4 Å². The Bertz CT molecular complexity index is 802. The van der Waals surface area contributed by atoms with E-state index in [4.69, 9.17) is 0 Å². The number of hydrogen-bond acceptors (Lipinski definition) is 4. The summed E-state index contributed by atoms with van der Waals surface area (Å²) < 4.78 is 0. The molecule has 0 aromatic heterocycles. The second-order valence-electron chi connectivity index (χ2n) is 7.41. The van der Waals surface area contributed by atoms with Crippen LogP contribution in [-0.4, -0.2) is 35.2 Å². The van der Waals surface area contributed by atoms with Crippen LogP contribution in [0.5, 0.6) is 0 Å². The average Bonchev–Trinajstić information content (AvgIpc) is 3.05. The third kappa shape index (κ3) is 2.52. The summed E-state index contributed by atoms with van der Waals surface area (Å²) in [5.41, 5.74) is 0.882. The normalized spacial score (nSPS) is 28.3. The zero-order valence-corrected chi connectivity index (χ0v) is 14.8. The minimum Gasteiger partial charge on any atom is -0.362 e. The first-order valence-corrected chi connectivity index (χ1v) is 9.47. The SMILES string of the molecule is N#CC1(C(=O)N2CCCCC2)NC2=C(C(=O)CCC2)C1c1ccccc1. The molecule has 1 aromatic carbocycles. The predicted octanol–water partition coefficient (Wildman–Crippen LogP) is 2.66. The number of amides is 1. The van der Waals surface area contributed by atoms with Gasteiger partial charge in [0, 0.05) is 30.8 Å². The van der Waals surface area contributed by atoms with Gasteiger partial charge < -0.3 is 10.2 Å². The molecule has 2 aliphatic heterocycles. The summed E-state index contributed by atoms with van der Waals surface area (Å²) in [4.78, 5) is 28.0. The number of nitriles is 1. The Morgan fingerprint density at radius 2 is 1.85 bits per heavy atom. The molecule has 2 heterocycles. The van der Waals surface area contributed by atoms with Gasteiger partial charge in [-0.15, -0.1) is 0 Å². The highest BCUT2D eigenvalue weighted by atomic mass is 16.2. The Balaban J connectivity index is 1.82. The molecule has 3 aliphatic rings. The fourth-order valence-electron chi connectivity index (χ4n) is 4.58. The third-order valence-corrected chi connectivity index (χ3v) is 5.82. The number of nitrogens with one attached hydrogen (secondary N) is 1. The monoisotopic (exact) mass is 349 g/mol. The second kappa shape index (κ2) is 6.60. The molecular weight excluding hydrogens is 326 g/mol. The number of Topliss-reactive ketones (excluding diaryl/α,β-unsaturated/α-hetero) is 1. The average molecular weight is 349 g/mol. The van der Waals surface area contributed by atoms with Crippen molar-refractivity contribution in [2.75, 3.05) is 13.1 Å². The highest BCUT2D eigenvalue weighted by Crippen LogP contribution is 2.46. The smallest absolute Gasteiger partial charge is 0.264 e. The van der Waals surface area contributed by atoms with Crippen LogP contribution in [0.2, 0.25) is 0 Å². The van der Waals surface area contributed by atoms with Gasteiger partial charge in [0.1, 0.15) is 6.07 Å². The summed E-state index contributed by atoms with van der Waals surface area (Å²) in [7, 11) is 0. The van der Waals surface area contributed by atoms with Gasteiger partial charge in [-0.3, -0.25) is 9.59 Å². The van der Waals surface area contributed by atoms with Gasteiger partial charge in [-0.05, 0) is 37.7 Å². The molecule has 26 heavy (non-hydrogen) atoms. The molecule has 1 saturated heterocycles. The maximum atomic E-state index is 13.5. The zero-order chi connectivity index (χ0) is 18.1. The van der Waals surface area contributed by atoms with Crippen LogP contribution in [0.1, 0.15) is 50.0 Å². The largest absolute Gasteiger partial charge is 0.362 e. The van der Waals surface area contributed by atoms with Gasteiger partial charge in [-0.1, -0.05) is 30.3 Å². The quantitative estimate of drug-likeness (QED) is 0.891. The number of benzene rings is 1. The number of allylic oxidation sites excluding steroid dienone is 1. The Morgan fingerprint density at radius 1 is 1.12 bits per heavy atom. The molecule has 0 radical (unpaired) electrons. The van der Waals surface area contributed by atoms with Crippen LogP contribution in [0.3, 0.4) is 0 Å². The first-order valence-electron chi connectivity index (χ1n) is 9.47. The zero-order valence-electron chi connectivity index (χ0n) is 14.8. The van der Waals surface area contributed by atoms with E-state index in [1.54, 1.807) is 4.90 Å². The minimum atomic E-state index is -1.41. The standard InChI is InChI=1S/C21H23N3O2/c22-14-21(20(26)24-12-5-2-6-13-24)19(15-8-3-1-4-9-15)18-16(23-21)10-7-11-17(18)25/h1,3-4,8-9,19,23H,2,5-7,10-13H2. The van der Waals surface area contributed by atoms with Crippen LogP contribution >= 0.6 is 0 Å². The van der Waals surface area contributed by atoms with Crippen molar-refractivity contribution in [2.45, 2.75) is 50.0 Å². The molecule has 1 amide bonds. The van der Waals surface area contributed by atoms with Gasteiger partial charge in [-0.25, -0.2) is 0 Å². The van der Waals surface area contributed by atoms with Crippen molar-refractivity contribution in [1.29, 1.82) is 5.26 Å². The maximum Gasteiger partial charge on any atom is 0.264 e. The van der Waals surface area contributed by atoms with Gasteiger partial charge in [0.25, 0.3) is 5.91 Å². The number of hydrogen-bond donors (Lipinski definition) is 1. The van der Waals surface area contributed by atoms with Crippen LogP contribution in [0.25, 0.3) is 0 Å². The number of carbonyl (C=O) groups excluding carboxylic acids is 2. The van der Waals surface area contributed by atoms with Crippen molar-refractivity contribution in [3.05, 3.63) is 47.2 Å². The predicted molar refractivity (Wildman–Crippen MR) is 97.0 cm³/mol. The van der Waals surface area contributed by atoms with Crippen LogP contribution in [0, 0.1) is 11.3 Å². The fraction of sp³-hybridized carbons (Fsp3) is 0.476. The molecule has 5 heteroatoms. The van der Waals surface area contributed by atoms with Crippen LogP contribution in [-0.2, 0) is 9.59 Å². The molecule has 134 valence electrons. The highest BCUT2D eigenvalue weighted by molar-refractivity contribution is 6.04. The molecular formula is C21H23N3O2. The lowest BCUT2D eigenvalue weighted by Crippen LogP contribution is -2.58. The fourth-order valence-corrected chi connectivity index (χ4v) is 4.58. The number of carbonyl (C=O) groups is 2. The maximum absolute atomic E-state index is 13.5. The van der Waals surface area contributed by atoms with E-state index in [2.05, 4.69) is 11.4 Å². The summed E-state index contributed by atoms with van der Waals surface area (Å²) >= 11 is 0. The summed E-state index contributed by atoms with van der Waals surface area (Å²) in [6.45, 7) is 1.37. The molecule has 0 spiro atoms. The Morgan fingerprint density at radius 3 is 2.54 bits per heavy atom. The van der Waals surface area contributed by atoms with Crippen LogP contribution in [0.4, 0.5) is 0 Å². The Hall–Kier alpha value is -2.61. The van der Waals surface area contributed by atoms with Gasteiger partial charge >= 0.3 is 0 Å². The minimum absolute atomic E-state index is 0.0659. The van der Waals surface area contributed by atoms with Gasteiger partial charge in [0.15, 0.2) is 5.78 Å². The molecule has 0 bridgehead atoms. The molecule has 2 atom stereocenters. The van der Waals surface area contributed by atoms with Crippen LogP contribution in [0.15, 0.2) is 41.6 Å². The van der Waals surface area contributed by atoms with Crippen molar-refractivity contribution < 1.29 is 9.59 Å². The third-order valence-electron chi connectivity index (χ3n) is 5.82. The van der Waals surface area contributed by atoms with Crippen LogP contribution < -0.4 is 5.32 Å². The van der Waals surface area contributed by atoms with Crippen molar-refractivity contribution >= 4 is 11.7 Å². The van der Waals surface area contributed by atoms with E-state index in [1.807, 2.05) is 30.3 Å². The van der Waals surface area contributed by atoms with E-state index in [9.17, 15) is 14.9 Å². The van der Waals surface area contributed by atoms with E-state index in [-0.39, 0.29) is 11.7 Å². The first kappa shape index (κ1) is 16.8. The van der Waals surface area contributed by atoms with Crippen molar-refractivity contribution in [2.24, 2.45) is 0 Å². The number of rotatable bonds is 2. The lowest BCUT2D eigenvalue weighted by atomic mass is 9.74. The molecule has 5 nitrogen and oxygen atoms in total. The van der Waals surface area contributed by atoms with Gasteiger partial charge in [0.05, 0.1) is 5.92 Å². The summed E-state index contributed by atoms with van der Waals surface area (Å²) in [6, 6.07) is 11.8. The molecule has 1 N–H and O–H groups in total. The van der Waals surface area contributed by atoms with Crippen molar-refractivity contribution in [3.8, 4) is 6.07 Å². The summed E-state index contributed by atoms with van der Waals surface area (Å²) in [5, 5.41) is 13.4. The van der Waals surface area contributed by atoms with E-state index in [1.165, 1.54) is 0 Å². The van der Waals surface area contributed by atoms with Crippen molar-refractivity contribution in [3.63, 3.8) is 0 Å². The summed E-state index contributed by atoms with van der Waals surface area (Å²) in [6.07, 6.45) is 5.03. The molecule has 1 aromatic rings. The van der Waals surface area contributed by atoms with Gasteiger partial charge in [-0.2, -0.15) is 5.26 Å². The Kier molecular flexibility index (Phi) is 4.28. The number of likely N-dealkylation sites (tertiary alicyclic amines) is 1. The molecule has 0 saturated carbocycles. The lowest BCUT2D eigenvalue weighted by molar-refractivity contribution is -0.137. The lowest BCUT2D eigenvalue weighted by Gasteiger charge is -2.36. The number of piperidine rings is 1. The number of ketones is 1. The molecule has 4 rings (SSSR count).